The Morgan fingerprint density at radius 3 is 3.06 bits per heavy atom. The summed E-state index contributed by atoms with van der Waals surface area (Å²) in [5.41, 5.74) is 1.01. The van der Waals surface area contributed by atoms with Crippen LogP contribution < -0.4 is 10.6 Å². The highest BCUT2D eigenvalue weighted by Gasteiger charge is 2.14. The van der Waals surface area contributed by atoms with Crippen LogP contribution in [0.1, 0.15) is 24.8 Å². The minimum atomic E-state index is 0.102. The molecule has 4 nitrogen and oxygen atoms in total. The van der Waals surface area contributed by atoms with E-state index in [1.807, 2.05) is 12.1 Å². The van der Waals surface area contributed by atoms with Crippen molar-refractivity contribution >= 4 is 5.91 Å². The predicted molar refractivity (Wildman–Crippen MR) is 66.6 cm³/mol. The van der Waals surface area contributed by atoms with Crippen LogP contribution in [0.2, 0.25) is 0 Å². The summed E-state index contributed by atoms with van der Waals surface area (Å²) in [7, 11) is 0. The minimum Gasteiger partial charge on any atom is -0.352 e. The average Bonchev–Trinajstić information content (AvgIpc) is 2.59. The molecule has 1 aliphatic heterocycles. The van der Waals surface area contributed by atoms with Crippen molar-refractivity contribution in [3.05, 3.63) is 30.1 Å². The number of hydrogen-bond donors (Lipinski definition) is 2. The van der Waals surface area contributed by atoms with Gasteiger partial charge in [0.2, 0.25) is 5.91 Å². The topological polar surface area (TPSA) is 54.0 Å². The molecule has 92 valence electrons. The summed E-state index contributed by atoms with van der Waals surface area (Å²) in [6.45, 7) is 1.96. The highest BCUT2D eigenvalue weighted by atomic mass is 16.1. The molecule has 0 saturated carbocycles. The lowest BCUT2D eigenvalue weighted by Gasteiger charge is -2.16. The Hall–Kier alpha value is -1.42. The van der Waals surface area contributed by atoms with Gasteiger partial charge in [-0.1, -0.05) is 6.42 Å². The molecule has 1 aromatic heterocycles. The van der Waals surface area contributed by atoms with Crippen LogP contribution in [0.25, 0.3) is 0 Å². The number of amides is 1. The maximum Gasteiger partial charge on any atom is 0.224 e. The molecule has 0 bridgehead atoms. The Morgan fingerprint density at radius 1 is 1.41 bits per heavy atom. The van der Waals surface area contributed by atoms with Crippen LogP contribution in [0.4, 0.5) is 0 Å². The van der Waals surface area contributed by atoms with E-state index in [9.17, 15) is 4.79 Å². The van der Waals surface area contributed by atoms with Gasteiger partial charge in [-0.05, 0) is 37.1 Å². The predicted octanol–water partition coefficient (Wildman–Crippen LogP) is 0.882. The molecule has 1 unspecified atom stereocenters. The number of carbonyl (C=O) groups is 1. The van der Waals surface area contributed by atoms with E-state index in [4.69, 9.17) is 0 Å². The van der Waals surface area contributed by atoms with E-state index in [2.05, 4.69) is 15.6 Å². The summed E-state index contributed by atoms with van der Waals surface area (Å²) in [6, 6.07) is 4.04. The molecule has 2 rings (SSSR count). The van der Waals surface area contributed by atoms with Gasteiger partial charge in [0, 0.05) is 25.0 Å². The SMILES string of the molecule is O=C(Cc1ccncc1)NC1CCCCNC1. The van der Waals surface area contributed by atoms with E-state index >= 15 is 0 Å². The molecule has 1 amide bonds. The maximum absolute atomic E-state index is 11.8. The zero-order valence-corrected chi connectivity index (χ0v) is 9.98. The highest BCUT2D eigenvalue weighted by molar-refractivity contribution is 5.78. The number of carbonyl (C=O) groups excluding carboxylic acids is 1. The lowest BCUT2D eigenvalue weighted by Crippen LogP contribution is -2.41. The molecule has 2 N–H and O–H groups in total. The second-order valence-electron chi connectivity index (χ2n) is 4.50. The van der Waals surface area contributed by atoms with Gasteiger partial charge in [-0.15, -0.1) is 0 Å². The van der Waals surface area contributed by atoms with Crippen LogP contribution >= 0.6 is 0 Å². The van der Waals surface area contributed by atoms with Crippen LogP contribution in [0.3, 0.4) is 0 Å². The van der Waals surface area contributed by atoms with Crippen LogP contribution in [-0.2, 0) is 11.2 Å². The van der Waals surface area contributed by atoms with Crippen molar-refractivity contribution in [3.8, 4) is 0 Å². The van der Waals surface area contributed by atoms with Crippen LogP contribution in [0.5, 0.6) is 0 Å². The maximum atomic E-state index is 11.8. The average molecular weight is 233 g/mol. The standard InChI is InChI=1S/C13H19N3O/c17-13(9-11-4-7-14-8-5-11)16-12-3-1-2-6-15-10-12/h4-5,7-8,12,15H,1-3,6,9-10H2,(H,16,17). The van der Waals surface area contributed by atoms with Crippen LogP contribution in [0, 0.1) is 0 Å². The van der Waals surface area contributed by atoms with Crippen molar-refractivity contribution in [1.29, 1.82) is 0 Å². The van der Waals surface area contributed by atoms with Crippen molar-refractivity contribution in [2.75, 3.05) is 13.1 Å². The van der Waals surface area contributed by atoms with E-state index in [1.165, 1.54) is 12.8 Å². The molecule has 1 fully saturated rings. The van der Waals surface area contributed by atoms with Crippen LogP contribution in [-0.4, -0.2) is 30.0 Å². The molecular weight excluding hydrogens is 214 g/mol. The van der Waals surface area contributed by atoms with E-state index < -0.39 is 0 Å². The molecular formula is C13H19N3O. The summed E-state index contributed by atoms with van der Waals surface area (Å²) in [4.78, 5) is 15.8. The summed E-state index contributed by atoms with van der Waals surface area (Å²) >= 11 is 0. The van der Waals surface area contributed by atoms with Gasteiger partial charge in [-0.2, -0.15) is 0 Å². The molecule has 1 saturated heterocycles. The molecule has 1 atom stereocenters. The lowest BCUT2D eigenvalue weighted by molar-refractivity contribution is -0.121. The first kappa shape index (κ1) is 12.0. The first-order valence-electron chi connectivity index (χ1n) is 6.23. The van der Waals surface area contributed by atoms with Gasteiger partial charge < -0.3 is 10.6 Å². The summed E-state index contributed by atoms with van der Waals surface area (Å²) in [6.07, 6.45) is 7.35. The molecule has 0 aliphatic carbocycles. The fraction of sp³-hybridized carbons (Fsp3) is 0.538. The minimum absolute atomic E-state index is 0.102. The third-order valence-corrected chi connectivity index (χ3v) is 3.03. The molecule has 4 heteroatoms. The molecule has 0 aromatic carbocycles. The Kier molecular flexibility index (Phi) is 4.50. The van der Waals surface area contributed by atoms with E-state index in [0.717, 1.165) is 25.1 Å². The van der Waals surface area contributed by atoms with Gasteiger partial charge >= 0.3 is 0 Å². The van der Waals surface area contributed by atoms with Gasteiger partial charge in [0.15, 0.2) is 0 Å². The lowest BCUT2D eigenvalue weighted by atomic mass is 10.1. The molecule has 1 aromatic rings. The molecule has 0 radical (unpaired) electrons. The first-order chi connectivity index (χ1) is 8.34. The van der Waals surface area contributed by atoms with Gasteiger partial charge in [-0.3, -0.25) is 9.78 Å². The quantitative estimate of drug-likeness (QED) is 0.815. The van der Waals surface area contributed by atoms with Crippen molar-refractivity contribution < 1.29 is 4.79 Å². The van der Waals surface area contributed by atoms with Gasteiger partial charge in [-0.25, -0.2) is 0 Å². The summed E-state index contributed by atoms with van der Waals surface area (Å²) in [5.74, 6) is 0.102. The Labute approximate surface area is 102 Å². The number of hydrogen-bond acceptors (Lipinski definition) is 3. The summed E-state index contributed by atoms with van der Waals surface area (Å²) < 4.78 is 0. The zero-order valence-electron chi connectivity index (χ0n) is 9.98. The Morgan fingerprint density at radius 2 is 2.24 bits per heavy atom. The van der Waals surface area contributed by atoms with E-state index in [1.54, 1.807) is 12.4 Å². The van der Waals surface area contributed by atoms with Crippen molar-refractivity contribution in [2.45, 2.75) is 31.7 Å². The third-order valence-electron chi connectivity index (χ3n) is 3.03. The summed E-state index contributed by atoms with van der Waals surface area (Å²) in [5, 5.41) is 6.43. The molecule has 0 spiro atoms. The Bertz CT molecular complexity index is 345. The largest absolute Gasteiger partial charge is 0.352 e. The number of nitrogens with one attached hydrogen (secondary N) is 2. The molecule has 17 heavy (non-hydrogen) atoms. The molecule has 1 aliphatic rings. The second kappa shape index (κ2) is 6.35. The van der Waals surface area contributed by atoms with Gasteiger partial charge in [0.1, 0.15) is 0 Å². The number of aromatic nitrogens is 1. The van der Waals surface area contributed by atoms with Gasteiger partial charge in [0.25, 0.3) is 0 Å². The van der Waals surface area contributed by atoms with Gasteiger partial charge in [0.05, 0.1) is 6.42 Å². The number of nitrogens with zero attached hydrogens (tertiary/aromatic N) is 1. The Balaban J connectivity index is 1.80. The van der Waals surface area contributed by atoms with Crippen LogP contribution in [0.15, 0.2) is 24.5 Å². The monoisotopic (exact) mass is 233 g/mol. The van der Waals surface area contributed by atoms with Crippen molar-refractivity contribution in [2.24, 2.45) is 0 Å². The van der Waals surface area contributed by atoms with Crippen molar-refractivity contribution in [3.63, 3.8) is 0 Å². The fourth-order valence-corrected chi connectivity index (χ4v) is 2.11. The third kappa shape index (κ3) is 4.15. The first-order valence-corrected chi connectivity index (χ1v) is 6.23. The van der Waals surface area contributed by atoms with E-state index in [-0.39, 0.29) is 11.9 Å². The second-order valence-corrected chi connectivity index (χ2v) is 4.50. The number of rotatable bonds is 3. The number of pyridine rings is 1. The van der Waals surface area contributed by atoms with E-state index in [0.29, 0.717) is 6.42 Å². The highest BCUT2D eigenvalue weighted by Crippen LogP contribution is 2.05. The fourth-order valence-electron chi connectivity index (χ4n) is 2.11. The normalized spacial score (nSPS) is 20.6. The molecule has 2 heterocycles. The van der Waals surface area contributed by atoms with Crippen molar-refractivity contribution in [1.82, 2.24) is 15.6 Å². The zero-order chi connectivity index (χ0) is 11.9. The smallest absolute Gasteiger partial charge is 0.224 e.